The predicted octanol–water partition coefficient (Wildman–Crippen LogP) is 9.90. The highest BCUT2D eigenvalue weighted by molar-refractivity contribution is 7.89. The predicted molar refractivity (Wildman–Crippen MR) is 408 cm³/mol. The number of alkyl carbamates (subject to hydrolysis) is 2. The zero-order valence-electron chi connectivity index (χ0n) is 64.3. The summed E-state index contributed by atoms with van der Waals surface area (Å²) in [5.41, 5.74) is 3.38. The Kier molecular flexibility index (Phi) is 32.3. The zero-order valence-corrected chi connectivity index (χ0v) is 65.9. The maximum Gasteiger partial charge on any atom is 0.453 e. The van der Waals surface area contributed by atoms with Crippen molar-refractivity contribution in [3.8, 4) is 34.5 Å². The molecule has 0 bridgehead atoms. The van der Waals surface area contributed by atoms with Crippen molar-refractivity contribution in [2.45, 2.75) is 165 Å². The van der Waals surface area contributed by atoms with E-state index in [4.69, 9.17) is 61.9 Å². The molecule has 6 aromatic carbocycles. The van der Waals surface area contributed by atoms with E-state index in [9.17, 15) is 51.3 Å². The number of aliphatic hydroxyl groups excluding tert-OH is 3. The Morgan fingerprint density at radius 1 is 0.554 bits per heavy atom. The van der Waals surface area contributed by atoms with Gasteiger partial charge in [-0.3, -0.25) is 4.79 Å². The van der Waals surface area contributed by atoms with Crippen LogP contribution in [-0.2, 0) is 83.7 Å². The van der Waals surface area contributed by atoms with E-state index < -0.39 is 92.6 Å². The molecule has 4 saturated heterocycles. The van der Waals surface area contributed by atoms with Gasteiger partial charge in [0, 0.05) is 51.8 Å². The average Bonchev–Trinajstić information content (AvgIpc) is 1.23. The molecule has 32 heteroatoms. The Hall–Kier alpha value is -9.06. The summed E-state index contributed by atoms with van der Waals surface area (Å²) in [7, 11) is -8.12. The molecule has 4 fully saturated rings. The number of carbonyl (C=O) groups excluding carboxylic acids is 4. The van der Waals surface area contributed by atoms with Gasteiger partial charge in [0.15, 0.2) is 35.6 Å². The summed E-state index contributed by atoms with van der Waals surface area (Å²) in [5, 5.41) is 52.9. The van der Waals surface area contributed by atoms with Gasteiger partial charge in [-0.2, -0.15) is 8.61 Å². The number of nitrogens with zero attached hydrogens (tertiary/aromatic N) is 4. The van der Waals surface area contributed by atoms with Crippen molar-refractivity contribution in [2.24, 2.45) is 33.9 Å². The molecule has 4 amide bonds. The third kappa shape index (κ3) is 26.5. The molecule has 6 aliphatic rings. The highest BCUT2D eigenvalue weighted by Gasteiger charge is 2.46. The van der Waals surface area contributed by atoms with Crippen LogP contribution in [0.3, 0.4) is 0 Å². The van der Waals surface area contributed by atoms with E-state index in [1.54, 1.807) is 39.0 Å². The van der Waals surface area contributed by atoms with Crippen molar-refractivity contribution in [3.63, 3.8) is 0 Å². The zero-order chi connectivity index (χ0) is 80.5. The molecule has 0 radical (unpaired) electrons. The summed E-state index contributed by atoms with van der Waals surface area (Å²) in [4.78, 5) is 47.3. The number of benzene rings is 6. The number of azo groups is 1. The monoisotopic (exact) mass is 1600 g/mol. The van der Waals surface area contributed by atoms with Crippen molar-refractivity contribution < 1.29 is 113 Å². The van der Waals surface area contributed by atoms with Crippen molar-refractivity contribution in [2.75, 3.05) is 79.4 Å². The van der Waals surface area contributed by atoms with Gasteiger partial charge in [-0.15, -0.1) is 5.11 Å². The van der Waals surface area contributed by atoms with Crippen LogP contribution in [0, 0.1) is 23.7 Å². The number of sulfonamides is 2. The molecular formula is C80H104N6O24S2. The quantitative estimate of drug-likeness (QED) is 0.0144. The third-order valence-corrected chi connectivity index (χ3v) is 22.0. The van der Waals surface area contributed by atoms with Gasteiger partial charge >= 0.3 is 18.3 Å². The Morgan fingerprint density at radius 2 is 0.991 bits per heavy atom. The van der Waals surface area contributed by atoms with Crippen LogP contribution in [-0.4, -0.2) is 204 Å². The summed E-state index contributed by atoms with van der Waals surface area (Å²) in [5.74, 6) is 1.63. The van der Waals surface area contributed by atoms with E-state index in [1.165, 1.54) is 69.1 Å². The smallest absolute Gasteiger partial charge is 0.453 e. The van der Waals surface area contributed by atoms with Gasteiger partial charge in [-0.25, -0.2) is 31.2 Å². The lowest BCUT2D eigenvalue weighted by Crippen LogP contribution is -2.51. The number of fused-ring (bicyclic) bond motifs is 4. The molecule has 6 N–H and O–H groups in total. The minimum Gasteiger partial charge on any atom is -0.508 e. The fourth-order valence-electron chi connectivity index (χ4n) is 12.8. The number of aryl methyl sites for hydroxylation is 1. The fraction of sp³-hybridized carbons (Fsp3) is 0.500. The molecular weight excluding hydrogens is 1490 g/mol. The van der Waals surface area contributed by atoms with Crippen LogP contribution in [0.5, 0.6) is 34.5 Å². The Balaban J connectivity index is 0.000000206. The Labute approximate surface area is 654 Å². The summed E-state index contributed by atoms with van der Waals surface area (Å²) in [6.07, 6.45) is -2.31. The lowest BCUT2D eigenvalue weighted by atomic mass is 10.0. The number of nitrogens with one attached hydrogen (secondary N) is 2. The highest BCUT2D eigenvalue weighted by atomic mass is 32.2. The number of rotatable bonds is 29. The van der Waals surface area contributed by atoms with Crippen LogP contribution < -0.4 is 34.3 Å². The first kappa shape index (κ1) is 86.9. The van der Waals surface area contributed by atoms with E-state index in [2.05, 4.69) is 33.0 Å². The number of phenols is 1. The van der Waals surface area contributed by atoms with E-state index in [0.29, 0.717) is 55.0 Å². The van der Waals surface area contributed by atoms with Gasteiger partial charge in [-0.1, -0.05) is 118 Å². The average molecular weight is 1600 g/mol. The molecule has 112 heavy (non-hydrogen) atoms. The SMILES string of the molecule is CC(=O)N=NC(=O)OC(C)(C)C.CC(C)CN(C[C@@H](O)[C@H](Cc1ccc(O)cc1)NC(=O)O[C@H]1CO[C@H]2OCC[C@H]21)S(=O)(=O)c1ccc2c(c1)OCO2.CC(C)CN(C[C@@H](O)[C@H](Cc1ccc(OCCCc2ccccc2)cc1)NC(=O)O[C@H]1CO[C@H]2OCC[C@H]21)S(=O)(=O)c1ccc2c(c1)OCO2.OCCc1ccccc1. The number of ether oxygens (including phenoxy) is 12. The first-order chi connectivity index (χ1) is 53.5. The van der Waals surface area contributed by atoms with E-state index in [0.717, 1.165) is 36.8 Å². The maximum atomic E-state index is 13.9. The van der Waals surface area contributed by atoms with Crippen LogP contribution in [0.1, 0.15) is 96.9 Å². The summed E-state index contributed by atoms with van der Waals surface area (Å²) in [6.45, 7) is 15.9. The largest absolute Gasteiger partial charge is 0.508 e. The van der Waals surface area contributed by atoms with Gasteiger partial charge in [0.25, 0.3) is 5.91 Å². The van der Waals surface area contributed by atoms with Crippen LogP contribution in [0.4, 0.5) is 14.4 Å². The molecule has 30 nitrogen and oxygen atoms in total. The molecule has 0 saturated carbocycles. The topological polar surface area (TPSA) is 384 Å². The number of hydrogen-bond acceptors (Lipinski definition) is 24. The minimum atomic E-state index is -4.06. The molecule has 6 aliphatic heterocycles. The third-order valence-electron chi connectivity index (χ3n) is 18.3. The second kappa shape index (κ2) is 41.6. The van der Waals surface area contributed by atoms with Crippen LogP contribution in [0.25, 0.3) is 0 Å². The van der Waals surface area contributed by atoms with Crippen molar-refractivity contribution in [1.29, 1.82) is 0 Å². The molecule has 0 unspecified atom stereocenters. The lowest BCUT2D eigenvalue weighted by molar-refractivity contribution is -0.116. The van der Waals surface area contributed by atoms with Gasteiger partial charge in [0.05, 0.1) is 79.0 Å². The summed E-state index contributed by atoms with van der Waals surface area (Å²) in [6, 6.07) is 41.0. The standard InChI is InChI=1S/C37H46N2O10S.C28H36N2O10S.C8H10O.C7H12N2O3/c1-25(2)21-39(50(42,43)29-14-15-33-34(20-29)48-24-47-33)22-32(40)31(38-37(41)49-35-23-46-36-30(35)16-18-45-36)19-27-10-12-28(13-11-27)44-17-6-9-26-7-4-3-5-8-26;1-17(2)13-30(41(34,35)20-7-8-24-25(12-20)39-16-38-24)14-23(32)22(11-18-3-5-19(31)6-4-18)29-28(33)40-26-15-37-27-21(26)9-10-36-27;9-7-6-8-4-2-1-3-5-8;1-5(10)8-9-6(11)12-7(2,3)4/h3-5,7-8,10-15,20,25,30-32,35-36,40H,6,9,16-19,21-24H2,1-2H3,(H,38,41);3-8,12,17,21-23,26-27,31-32H,9-11,13-16H2,1-2H3,(H,29,33);1-5,9H,6-7H2;1-4H3/t30-,31-,32+,35-,36+;21-,22-,23+,26-,27+;;/m00../s1. The van der Waals surface area contributed by atoms with Gasteiger partial charge in [0.1, 0.15) is 29.3 Å². The molecule has 610 valence electrons. The second-order valence-corrected chi connectivity index (χ2v) is 33.2. The van der Waals surface area contributed by atoms with Crippen LogP contribution in [0.15, 0.2) is 166 Å². The number of amides is 4. The van der Waals surface area contributed by atoms with Crippen LogP contribution >= 0.6 is 0 Å². The van der Waals surface area contributed by atoms with Gasteiger partial charge in [0.2, 0.25) is 33.6 Å². The maximum absolute atomic E-state index is 13.9. The molecule has 6 heterocycles. The molecule has 0 spiro atoms. The van der Waals surface area contributed by atoms with E-state index >= 15 is 0 Å². The van der Waals surface area contributed by atoms with Crippen molar-refractivity contribution in [3.05, 3.63) is 168 Å². The van der Waals surface area contributed by atoms with Gasteiger partial charge < -0.3 is 87.9 Å². The number of aromatic hydroxyl groups is 1. The normalized spacial score (nSPS) is 19.7. The summed E-state index contributed by atoms with van der Waals surface area (Å²) >= 11 is 0. The number of hydrogen-bond donors (Lipinski definition) is 6. The molecule has 12 rings (SSSR count). The summed E-state index contributed by atoms with van der Waals surface area (Å²) < 4.78 is 124. The fourth-order valence-corrected chi connectivity index (χ4v) is 16.1. The van der Waals surface area contributed by atoms with Gasteiger partial charge in [-0.05, 0) is 148 Å². The highest BCUT2D eigenvalue weighted by Crippen LogP contribution is 2.38. The van der Waals surface area contributed by atoms with Crippen molar-refractivity contribution in [1.82, 2.24) is 19.2 Å². The molecule has 0 aromatic heterocycles. The molecule has 6 aromatic rings. The van der Waals surface area contributed by atoms with E-state index in [-0.39, 0.29) is 118 Å². The Morgan fingerprint density at radius 3 is 1.42 bits per heavy atom. The number of aliphatic hydroxyl groups is 3. The first-order valence-corrected chi connectivity index (χ1v) is 40.3. The van der Waals surface area contributed by atoms with E-state index in [1.807, 2.05) is 100 Å². The first-order valence-electron chi connectivity index (χ1n) is 37.4. The minimum absolute atomic E-state index is 0.00613. The van der Waals surface area contributed by atoms with Crippen molar-refractivity contribution >= 4 is 44.2 Å². The second-order valence-electron chi connectivity index (χ2n) is 29.4. The Bertz CT molecular complexity index is 4250. The molecule has 10 atom stereocenters. The number of phenolic OH excluding ortho intramolecular Hbond substituents is 1. The number of carbonyl (C=O) groups is 4. The lowest BCUT2D eigenvalue weighted by Gasteiger charge is -2.31. The van der Waals surface area contributed by atoms with Crippen LogP contribution in [0.2, 0.25) is 0 Å². The molecule has 0 aliphatic carbocycles.